The Morgan fingerprint density at radius 1 is 0.252 bits per heavy atom. The second-order valence-electron chi connectivity index (χ2n) is 33.8. The van der Waals surface area contributed by atoms with Gasteiger partial charge in [-0.15, -0.1) is 0 Å². The average Bonchev–Trinajstić information content (AvgIpc) is 0.897. The van der Waals surface area contributed by atoms with Gasteiger partial charge in [-0.3, -0.25) is 37.3 Å². The van der Waals surface area contributed by atoms with Crippen molar-refractivity contribution < 1.29 is 80.2 Å². The van der Waals surface area contributed by atoms with Gasteiger partial charge >= 0.3 is 39.5 Å². The van der Waals surface area contributed by atoms with E-state index in [1.54, 1.807) is 0 Å². The molecular weight excluding hydrogens is 1440 g/mol. The molecule has 0 aliphatic rings. The van der Waals surface area contributed by atoms with Gasteiger partial charge in [0.15, 0.2) is 12.2 Å². The Balaban J connectivity index is 5.27. The molecule has 0 amide bonds. The van der Waals surface area contributed by atoms with E-state index in [0.29, 0.717) is 25.7 Å². The van der Waals surface area contributed by atoms with E-state index in [4.69, 9.17) is 37.0 Å². The molecular formula is C92H180O17P2. The van der Waals surface area contributed by atoms with Crippen LogP contribution in [0.1, 0.15) is 492 Å². The first-order chi connectivity index (χ1) is 53.8. The minimum Gasteiger partial charge on any atom is -0.462 e. The van der Waals surface area contributed by atoms with Crippen LogP contribution in [0.4, 0.5) is 0 Å². The van der Waals surface area contributed by atoms with Crippen molar-refractivity contribution in [1.82, 2.24) is 0 Å². The van der Waals surface area contributed by atoms with Gasteiger partial charge in [0.05, 0.1) is 26.4 Å². The van der Waals surface area contributed by atoms with Crippen molar-refractivity contribution in [1.29, 1.82) is 0 Å². The zero-order valence-corrected chi connectivity index (χ0v) is 75.2. The van der Waals surface area contributed by atoms with E-state index in [1.807, 2.05) is 0 Å². The Kier molecular flexibility index (Phi) is 80.4. The lowest BCUT2D eigenvalue weighted by molar-refractivity contribution is -0.161. The monoisotopic (exact) mass is 1620 g/mol. The number of aliphatic hydroxyl groups is 1. The van der Waals surface area contributed by atoms with Crippen LogP contribution in [0.2, 0.25) is 0 Å². The first-order valence-corrected chi connectivity index (χ1v) is 50.5. The van der Waals surface area contributed by atoms with E-state index in [1.165, 1.54) is 302 Å². The summed E-state index contributed by atoms with van der Waals surface area (Å²) in [5, 5.41) is 10.7. The predicted octanol–water partition coefficient (Wildman–Crippen LogP) is 28.4. The fraction of sp³-hybridized carbons (Fsp3) is 0.957. The van der Waals surface area contributed by atoms with Crippen LogP contribution in [0.3, 0.4) is 0 Å². The van der Waals surface area contributed by atoms with Gasteiger partial charge in [-0.05, 0) is 43.4 Å². The van der Waals surface area contributed by atoms with Crippen LogP contribution in [0.5, 0.6) is 0 Å². The lowest BCUT2D eigenvalue weighted by Crippen LogP contribution is -2.30. The molecule has 0 radical (unpaired) electrons. The molecule has 8 atom stereocenters. The van der Waals surface area contributed by atoms with Gasteiger partial charge in [-0.25, -0.2) is 9.13 Å². The molecule has 0 aromatic carbocycles. The number of hydrogen-bond acceptors (Lipinski definition) is 15. The summed E-state index contributed by atoms with van der Waals surface area (Å²) in [7, 11) is -9.94. The third kappa shape index (κ3) is 81.6. The molecule has 0 bridgehead atoms. The summed E-state index contributed by atoms with van der Waals surface area (Å²) in [5.74, 6) is 0.472. The Bertz CT molecular complexity index is 2140. The molecule has 0 rings (SSSR count). The first-order valence-electron chi connectivity index (χ1n) is 47.5. The summed E-state index contributed by atoms with van der Waals surface area (Å²) >= 11 is 0. The zero-order chi connectivity index (χ0) is 81.5. The van der Waals surface area contributed by atoms with Gasteiger partial charge in [0.1, 0.15) is 19.3 Å². The van der Waals surface area contributed by atoms with Crippen molar-refractivity contribution in [3.8, 4) is 0 Å². The fourth-order valence-corrected chi connectivity index (χ4v) is 15.9. The van der Waals surface area contributed by atoms with Gasteiger partial charge in [-0.2, -0.15) is 0 Å². The van der Waals surface area contributed by atoms with Crippen LogP contribution < -0.4 is 0 Å². The molecule has 0 saturated heterocycles. The number of unbranched alkanes of at least 4 members (excludes halogenated alkanes) is 55. The van der Waals surface area contributed by atoms with Gasteiger partial charge in [0, 0.05) is 25.7 Å². The molecule has 0 spiro atoms. The number of carbonyl (C=O) groups excluding carboxylic acids is 4. The van der Waals surface area contributed by atoms with Crippen LogP contribution in [0, 0.1) is 17.8 Å². The molecule has 0 aliphatic carbocycles. The van der Waals surface area contributed by atoms with Crippen LogP contribution in [0.15, 0.2) is 0 Å². The normalized spacial score (nSPS) is 14.5. The minimum absolute atomic E-state index is 0.108. The largest absolute Gasteiger partial charge is 0.472 e. The molecule has 0 aromatic rings. The van der Waals surface area contributed by atoms with E-state index in [-0.39, 0.29) is 25.7 Å². The lowest BCUT2D eigenvalue weighted by atomic mass is 9.99. The summed E-state index contributed by atoms with van der Waals surface area (Å²) in [6, 6.07) is 0. The second kappa shape index (κ2) is 81.8. The van der Waals surface area contributed by atoms with E-state index in [9.17, 15) is 43.2 Å². The number of esters is 4. The number of phosphoric acid groups is 2. The molecule has 0 fully saturated rings. The van der Waals surface area contributed by atoms with E-state index < -0.39 is 97.5 Å². The molecule has 17 nitrogen and oxygen atoms in total. The maximum absolute atomic E-state index is 13.2. The van der Waals surface area contributed by atoms with Crippen molar-refractivity contribution in [2.24, 2.45) is 17.8 Å². The molecule has 3 N–H and O–H groups in total. The van der Waals surface area contributed by atoms with Gasteiger partial charge in [-0.1, -0.05) is 440 Å². The molecule has 0 aromatic heterocycles. The standard InChI is InChI=1S/C92H180O17P2/c1-8-12-13-14-15-16-17-28-38-45-52-59-66-73-89(94)102-79-87(109-92(97)76-69-62-55-48-41-34-27-25-31-37-44-51-58-65-72-85(7)11-4)81-106-110(98,99)104-77-86(93)78-105-111(100,101)107-82-88(80-103-90(95)74-67-60-53-46-39-32-26-24-30-36-43-50-57-64-71-84(6)10-3)108-91(96)75-68-61-54-47-40-33-23-21-19-18-20-22-29-35-42-49-56-63-70-83(5)9-2/h83-88,93H,8-82H2,1-7H3,(H,98,99)(H,100,101)/t83?,84?,85?,86-,87+,88+/m0/s1. The number of aliphatic hydroxyl groups excluding tert-OH is 1. The lowest BCUT2D eigenvalue weighted by Gasteiger charge is -2.21. The van der Waals surface area contributed by atoms with Crippen LogP contribution in [-0.2, 0) is 65.4 Å². The fourth-order valence-electron chi connectivity index (χ4n) is 14.3. The Hall–Kier alpha value is -1.94. The topological polar surface area (TPSA) is 237 Å². The van der Waals surface area contributed by atoms with Gasteiger partial charge in [0.2, 0.25) is 0 Å². The molecule has 19 heteroatoms. The van der Waals surface area contributed by atoms with Gasteiger partial charge < -0.3 is 33.8 Å². The molecule has 0 aliphatic heterocycles. The molecule has 0 heterocycles. The highest BCUT2D eigenvalue weighted by Crippen LogP contribution is 2.45. The van der Waals surface area contributed by atoms with E-state index >= 15 is 0 Å². The van der Waals surface area contributed by atoms with Crippen molar-refractivity contribution in [3.63, 3.8) is 0 Å². The predicted molar refractivity (Wildman–Crippen MR) is 460 cm³/mol. The molecule has 0 saturated carbocycles. The number of rotatable bonds is 90. The smallest absolute Gasteiger partial charge is 0.462 e. The quantitative estimate of drug-likeness (QED) is 0.0222. The SMILES string of the molecule is CCCCCCCCCCCCCCCC(=O)OC[C@H](COP(=O)(O)OC[C@H](O)COP(=O)(O)OC[C@@H](COC(=O)CCCCCCCCCCCCCCCCC(C)CC)OC(=O)CCCCCCCCCCCCCCCCCCCCC(C)CC)OC(=O)CCCCCCCCCCCCCCCCC(C)CC. The third-order valence-corrected chi connectivity index (χ3v) is 24.6. The summed E-state index contributed by atoms with van der Waals surface area (Å²) in [5.41, 5.74) is 0. The van der Waals surface area contributed by atoms with Crippen LogP contribution in [-0.4, -0.2) is 96.7 Å². The Morgan fingerprint density at radius 2 is 0.432 bits per heavy atom. The summed E-state index contributed by atoms with van der Waals surface area (Å²) in [6.07, 6.45) is 74.7. The number of ether oxygens (including phenoxy) is 4. The maximum Gasteiger partial charge on any atom is 0.472 e. The minimum atomic E-state index is -4.97. The maximum atomic E-state index is 13.2. The first kappa shape index (κ1) is 109. The summed E-state index contributed by atoms with van der Waals surface area (Å²) in [4.78, 5) is 73.5. The summed E-state index contributed by atoms with van der Waals surface area (Å²) < 4.78 is 69.1. The van der Waals surface area contributed by atoms with Crippen molar-refractivity contribution >= 4 is 39.5 Å². The van der Waals surface area contributed by atoms with E-state index in [0.717, 1.165) is 108 Å². The highest BCUT2D eigenvalue weighted by atomic mass is 31.2. The highest BCUT2D eigenvalue weighted by molar-refractivity contribution is 7.47. The molecule has 5 unspecified atom stereocenters. The summed E-state index contributed by atoms with van der Waals surface area (Å²) in [6.45, 7) is 12.2. The number of hydrogen-bond donors (Lipinski definition) is 3. The second-order valence-corrected chi connectivity index (χ2v) is 36.7. The van der Waals surface area contributed by atoms with Crippen molar-refractivity contribution in [3.05, 3.63) is 0 Å². The number of phosphoric ester groups is 2. The van der Waals surface area contributed by atoms with Gasteiger partial charge in [0.25, 0.3) is 0 Å². The highest BCUT2D eigenvalue weighted by Gasteiger charge is 2.31. The van der Waals surface area contributed by atoms with Crippen molar-refractivity contribution in [2.75, 3.05) is 39.6 Å². The molecule has 111 heavy (non-hydrogen) atoms. The number of carbonyl (C=O) groups is 4. The Morgan fingerprint density at radius 3 is 0.640 bits per heavy atom. The Labute approximate surface area is 683 Å². The van der Waals surface area contributed by atoms with Crippen molar-refractivity contribution in [2.45, 2.75) is 510 Å². The molecule has 660 valence electrons. The average molecular weight is 1620 g/mol. The van der Waals surface area contributed by atoms with Crippen LogP contribution in [0.25, 0.3) is 0 Å². The zero-order valence-electron chi connectivity index (χ0n) is 73.4. The van der Waals surface area contributed by atoms with Crippen LogP contribution >= 0.6 is 15.6 Å². The van der Waals surface area contributed by atoms with E-state index in [2.05, 4.69) is 48.5 Å². The third-order valence-electron chi connectivity index (χ3n) is 22.7.